The van der Waals surface area contributed by atoms with Crippen molar-refractivity contribution in [1.29, 1.82) is 0 Å². The maximum Gasteiger partial charge on any atom is 0.227 e. The molecule has 7 nitrogen and oxygen atoms in total. The quantitative estimate of drug-likeness (QED) is 0.691. The Kier molecular flexibility index (Phi) is 4.75. The molecule has 2 unspecified atom stereocenters. The number of amides is 1. The Labute approximate surface area is 163 Å². The minimum Gasteiger partial charge on any atom is -0.342 e. The number of rotatable bonds is 4. The fourth-order valence-corrected chi connectivity index (χ4v) is 5.00. The Morgan fingerprint density at radius 3 is 2.85 bits per heavy atom. The molecule has 27 heavy (non-hydrogen) atoms. The molecule has 1 amide bonds. The molecule has 0 aromatic carbocycles. The summed E-state index contributed by atoms with van der Waals surface area (Å²) in [6.45, 7) is 9.99. The highest BCUT2D eigenvalue weighted by molar-refractivity contribution is 7.15. The number of fused-ring (bicyclic) bond motifs is 1. The lowest BCUT2D eigenvalue weighted by atomic mass is 9.94. The molecule has 3 aromatic heterocycles. The SMILES string of the molecule is Cc1nc(C)n(CC(C)C(=O)N2CCCC(c3nc(C)n4ccsc34)C2)n1. The van der Waals surface area contributed by atoms with E-state index < -0.39 is 0 Å². The van der Waals surface area contributed by atoms with Gasteiger partial charge >= 0.3 is 0 Å². The van der Waals surface area contributed by atoms with Gasteiger partial charge in [-0.1, -0.05) is 6.92 Å². The van der Waals surface area contributed by atoms with Gasteiger partial charge in [0.2, 0.25) is 5.91 Å². The number of aromatic nitrogens is 5. The van der Waals surface area contributed by atoms with Crippen LogP contribution in [0.15, 0.2) is 11.6 Å². The number of nitrogens with zero attached hydrogens (tertiary/aromatic N) is 6. The first-order chi connectivity index (χ1) is 12.9. The summed E-state index contributed by atoms with van der Waals surface area (Å²) in [5.41, 5.74) is 1.15. The minimum absolute atomic E-state index is 0.117. The third-order valence-electron chi connectivity index (χ3n) is 5.41. The van der Waals surface area contributed by atoms with Crippen molar-refractivity contribution in [1.82, 2.24) is 29.0 Å². The van der Waals surface area contributed by atoms with Crippen molar-refractivity contribution < 1.29 is 4.79 Å². The number of piperidine rings is 1. The van der Waals surface area contributed by atoms with E-state index in [1.807, 2.05) is 37.3 Å². The van der Waals surface area contributed by atoms with Crippen molar-refractivity contribution in [3.05, 3.63) is 34.7 Å². The number of thiazole rings is 1. The summed E-state index contributed by atoms with van der Waals surface area (Å²) in [7, 11) is 0. The van der Waals surface area contributed by atoms with Gasteiger partial charge in [-0.25, -0.2) is 14.6 Å². The third-order valence-corrected chi connectivity index (χ3v) is 6.30. The highest BCUT2D eigenvalue weighted by atomic mass is 32.1. The number of imidazole rings is 1. The van der Waals surface area contributed by atoms with Crippen LogP contribution in [0.4, 0.5) is 0 Å². The van der Waals surface area contributed by atoms with E-state index in [-0.39, 0.29) is 11.8 Å². The van der Waals surface area contributed by atoms with E-state index in [2.05, 4.69) is 26.1 Å². The molecule has 3 aromatic rings. The van der Waals surface area contributed by atoms with Crippen LogP contribution in [-0.2, 0) is 11.3 Å². The molecule has 4 heterocycles. The van der Waals surface area contributed by atoms with Crippen LogP contribution in [0.25, 0.3) is 4.83 Å². The van der Waals surface area contributed by atoms with Crippen molar-refractivity contribution in [3.63, 3.8) is 0 Å². The van der Waals surface area contributed by atoms with E-state index in [9.17, 15) is 4.79 Å². The highest BCUT2D eigenvalue weighted by Crippen LogP contribution is 2.32. The molecule has 1 aliphatic rings. The number of hydrogen-bond donors (Lipinski definition) is 0. The molecule has 4 rings (SSSR count). The molecule has 0 saturated carbocycles. The van der Waals surface area contributed by atoms with Crippen LogP contribution in [0.2, 0.25) is 0 Å². The molecule has 1 fully saturated rings. The van der Waals surface area contributed by atoms with Gasteiger partial charge in [-0.2, -0.15) is 5.10 Å². The van der Waals surface area contributed by atoms with Crippen molar-refractivity contribution >= 4 is 22.1 Å². The Hall–Kier alpha value is -2.22. The summed E-state index contributed by atoms with van der Waals surface area (Å²) >= 11 is 1.73. The number of hydrogen-bond acceptors (Lipinski definition) is 5. The van der Waals surface area contributed by atoms with Gasteiger partial charge in [0.05, 0.1) is 18.2 Å². The van der Waals surface area contributed by atoms with Crippen LogP contribution in [0, 0.1) is 26.7 Å². The zero-order chi connectivity index (χ0) is 19.1. The van der Waals surface area contributed by atoms with Gasteiger partial charge in [0.1, 0.15) is 22.3 Å². The van der Waals surface area contributed by atoms with Crippen LogP contribution in [0.5, 0.6) is 0 Å². The van der Waals surface area contributed by atoms with Gasteiger partial charge in [-0.05, 0) is 33.6 Å². The Bertz CT molecular complexity index is 970. The normalized spacial score (nSPS) is 19.0. The van der Waals surface area contributed by atoms with E-state index in [1.54, 1.807) is 11.3 Å². The molecule has 0 spiro atoms. The molecular formula is C19H26N6OS. The van der Waals surface area contributed by atoms with Gasteiger partial charge in [-0.15, -0.1) is 11.3 Å². The first kappa shape index (κ1) is 18.2. The van der Waals surface area contributed by atoms with Gasteiger partial charge in [0, 0.05) is 30.6 Å². The summed E-state index contributed by atoms with van der Waals surface area (Å²) in [6.07, 6.45) is 4.18. The summed E-state index contributed by atoms with van der Waals surface area (Å²) in [6, 6.07) is 0. The van der Waals surface area contributed by atoms with E-state index in [1.165, 1.54) is 4.83 Å². The minimum atomic E-state index is -0.117. The van der Waals surface area contributed by atoms with E-state index in [0.29, 0.717) is 12.5 Å². The van der Waals surface area contributed by atoms with Crippen molar-refractivity contribution in [2.75, 3.05) is 13.1 Å². The van der Waals surface area contributed by atoms with E-state index in [4.69, 9.17) is 4.98 Å². The summed E-state index contributed by atoms with van der Waals surface area (Å²) in [4.78, 5) is 25.4. The average Bonchev–Trinajstić information content (AvgIpc) is 3.32. The lowest BCUT2D eigenvalue weighted by Gasteiger charge is -2.33. The lowest BCUT2D eigenvalue weighted by Crippen LogP contribution is -2.42. The molecule has 0 bridgehead atoms. The molecule has 2 atom stereocenters. The maximum absolute atomic E-state index is 13.1. The highest BCUT2D eigenvalue weighted by Gasteiger charge is 2.30. The number of carbonyl (C=O) groups excluding carboxylic acids is 1. The van der Waals surface area contributed by atoms with Crippen molar-refractivity contribution in [2.24, 2.45) is 5.92 Å². The maximum atomic E-state index is 13.1. The predicted molar refractivity (Wildman–Crippen MR) is 105 cm³/mol. The molecule has 144 valence electrons. The smallest absolute Gasteiger partial charge is 0.227 e. The fraction of sp³-hybridized carbons (Fsp3) is 0.579. The van der Waals surface area contributed by atoms with Crippen LogP contribution >= 0.6 is 11.3 Å². The van der Waals surface area contributed by atoms with E-state index >= 15 is 0 Å². The molecule has 1 saturated heterocycles. The summed E-state index contributed by atoms with van der Waals surface area (Å²) in [5, 5.41) is 6.50. The molecule has 0 radical (unpaired) electrons. The molecule has 1 aliphatic heterocycles. The van der Waals surface area contributed by atoms with Crippen LogP contribution in [0.1, 0.15) is 48.9 Å². The second-order valence-corrected chi connectivity index (χ2v) is 8.43. The Balaban J connectivity index is 1.48. The molecular weight excluding hydrogens is 360 g/mol. The van der Waals surface area contributed by atoms with Gasteiger partial charge < -0.3 is 4.90 Å². The van der Waals surface area contributed by atoms with Crippen LogP contribution in [-0.4, -0.2) is 48.0 Å². The first-order valence-electron chi connectivity index (χ1n) is 9.53. The Morgan fingerprint density at radius 1 is 1.30 bits per heavy atom. The van der Waals surface area contributed by atoms with Crippen molar-refractivity contribution in [2.45, 2.75) is 53.0 Å². The van der Waals surface area contributed by atoms with Crippen LogP contribution < -0.4 is 0 Å². The molecule has 0 N–H and O–H groups in total. The number of aryl methyl sites for hydroxylation is 3. The van der Waals surface area contributed by atoms with Crippen molar-refractivity contribution in [3.8, 4) is 0 Å². The molecule has 8 heteroatoms. The third kappa shape index (κ3) is 3.38. The second-order valence-electron chi connectivity index (χ2n) is 7.54. The standard InChI is InChI=1S/C19H26N6OS/c1-12(10-25-15(4)20-13(2)22-25)18(26)23-7-5-6-16(11-23)17-19-24(8-9-27-19)14(3)21-17/h8-9,12,16H,5-7,10-11H2,1-4H3. The monoisotopic (exact) mass is 386 g/mol. The van der Waals surface area contributed by atoms with Gasteiger partial charge in [0.25, 0.3) is 0 Å². The zero-order valence-electron chi connectivity index (χ0n) is 16.3. The topological polar surface area (TPSA) is 68.3 Å². The van der Waals surface area contributed by atoms with E-state index in [0.717, 1.165) is 49.1 Å². The molecule has 0 aliphatic carbocycles. The van der Waals surface area contributed by atoms with Crippen LogP contribution in [0.3, 0.4) is 0 Å². The largest absolute Gasteiger partial charge is 0.342 e. The second kappa shape index (κ2) is 7.07. The number of likely N-dealkylation sites (tertiary alicyclic amines) is 1. The first-order valence-corrected chi connectivity index (χ1v) is 10.4. The summed E-state index contributed by atoms with van der Waals surface area (Å²) < 4.78 is 3.99. The van der Waals surface area contributed by atoms with Gasteiger partial charge in [0.15, 0.2) is 0 Å². The number of carbonyl (C=O) groups is 1. The fourth-order valence-electron chi connectivity index (χ4n) is 4.04. The lowest BCUT2D eigenvalue weighted by molar-refractivity contribution is -0.136. The predicted octanol–water partition coefficient (Wildman–Crippen LogP) is 2.95. The summed E-state index contributed by atoms with van der Waals surface area (Å²) in [5.74, 6) is 3.03. The Morgan fingerprint density at radius 2 is 2.11 bits per heavy atom. The average molecular weight is 387 g/mol. The van der Waals surface area contributed by atoms with Gasteiger partial charge in [-0.3, -0.25) is 9.20 Å². The zero-order valence-corrected chi connectivity index (χ0v) is 17.2.